The van der Waals surface area contributed by atoms with E-state index in [1.165, 1.54) is 13.1 Å². The average molecular weight is 325 g/mol. The van der Waals surface area contributed by atoms with Gasteiger partial charge in [0.1, 0.15) is 11.9 Å². The number of halogens is 1. The van der Waals surface area contributed by atoms with E-state index in [0.717, 1.165) is 17.0 Å². The molecule has 0 aromatic heterocycles. The number of carbonyl (C=O) groups is 2. The molecular weight excluding hydrogens is 313 g/mol. The molecule has 1 aromatic rings. The largest absolute Gasteiger partial charge is 0.284 e. The number of imide groups is 1. The van der Waals surface area contributed by atoms with Crippen molar-refractivity contribution >= 4 is 21.8 Å². The number of nitriles is 1. The van der Waals surface area contributed by atoms with Crippen molar-refractivity contribution in [3.05, 3.63) is 35.1 Å². The summed E-state index contributed by atoms with van der Waals surface area (Å²) in [5, 5.41) is 8.90. The summed E-state index contributed by atoms with van der Waals surface area (Å²) >= 11 is 0. The molecule has 2 amide bonds. The van der Waals surface area contributed by atoms with Crippen LogP contribution in [0.3, 0.4) is 0 Å². The Morgan fingerprint density at radius 2 is 2.14 bits per heavy atom. The lowest BCUT2D eigenvalue weighted by Gasteiger charge is -2.12. The maximum atomic E-state index is 13.0. The van der Waals surface area contributed by atoms with Crippen molar-refractivity contribution in [3.63, 3.8) is 0 Å². The Bertz CT molecular complexity index is 785. The van der Waals surface area contributed by atoms with Crippen LogP contribution in [0.4, 0.5) is 4.39 Å². The molecule has 1 atom stereocenters. The van der Waals surface area contributed by atoms with E-state index in [-0.39, 0.29) is 17.5 Å². The highest BCUT2D eigenvalue weighted by molar-refractivity contribution is 7.88. The molecule has 1 unspecified atom stereocenters. The standard InChI is InChI=1S/C13H12FN3O4S/c1-17-12(18)5-11(13(17)19)16-22(20,21)7-8-2-3-10(14)4-9(8)6-15/h2-4,11,16H,5,7H2,1H3. The molecule has 1 heterocycles. The van der Waals surface area contributed by atoms with Gasteiger partial charge in [-0.15, -0.1) is 0 Å². The van der Waals surface area contributed by atoms with Crippen LogP contribution in [0, 0.1) is 17.1 Å². The van der Waals surface area contributed by atoms with Gasteiger partial charge in [-0.2, -0.15) is 5.26 Å². The van der Waals surface area contributed by atoms with Gasteiger partial charge in [0.05, 0.1) is 23.8 Å². The molecule has 0 bridgehead atoms. The fourth-order valence-electron chi connectivity index (χ4n) is 2.09. The molecule has 0 radical (unpaired) electrons. The van der Waals surface area contributed by atoms with Crippen LogP contribution in [0.5, 0.6) is 0 Å². The zero-order valence-electron chi connectivity index (χ0n) is 11.5. The number of sulfonamides is 1. The summed E-state index contributed by atoms with van der Waals surface area (Å²) in [4.78, 5) is 23.9. The van der Waals surface area contributed by atoms with Gasteiger partial charge in [0.2, 0.25) is 21.8 Å². The van der Waals surface area contributed by atoms with E-state index in [0.29, 0.717) is 0 Å². The molecule has 22 heavy (non-hydrogen) atoms. The molecular formula is C13H12FN3O4S. The maximum absolute atomic E-state index is 13.0. The van der Waals surface area contributed by atoms with Crippen molar-refractivity contribution in [1.29, 1.82) is 5.26 Å². The van der Waals surface area contributed by atoms with Crippen molar-refractivity contribution in [2.45, 2.75) is 18.2 Å². The summed E-state index contributed by atoms with van der Waals surface area (Å²) in [6.45, 7) is 0. The molecule has 1 saturated heterocycles. The Balaban J connectivity index is 2.18. The van der Waals surface area contributed by atoms with Crippen molar-refractivity contribution in [3.8, 4) is 6.07 Å². The highest BCUT2D eigenvalue weighted by Crippen LogP contribution is 2.16. The Hall–Kier alpha value is -2.31. The first-order valence-corrected chi connectivity index (χ1v) is 7.87. The number of amides is 2. The van der Waals surface area contributed by atoms with Crippen LogP contribution in [-0.4, -0.2) is 38.2 Å². The topological polar surface area (TPSA) is 107 Å². The molecule has 0 aliphatic carbocycles. The van der Waals surface area contributed by atoms with Crippen LogP contribution in [-0.2, 0) is 25.4 Å². The summed E-state index contributed by atoms with van der Waals surface area (Å²) in [7, 11) is -2.70. The SMILES string of the molecule is CN1C(=O)CC(NS(=O)(=O)Cc2ccc(F)cc2C#N)C1=O. The minimum absolute atomic E-state index is 0.101. The molecule has 1 N–H and O–H groups in total. The molecule has 9 heteroatoms. The van der Waals surface area contributed by atoms with Gasteiger partial charge < -0.3 is 0 Å². The number of carbonyl (C=O) groups excluding carboxylic acids is 2. The summed E-state index contributed by atoms with van der Waals surface area (Å²) < 4.78 is 39.3. The lowest BCUT2D eigenvalue weighted by Crippen LogP contribution is -2.41. The lowest BCUT2D eigenvalue weighted by atomic mass is 10.1. The van der Waals surface area contributed by atoms with Gasteiger partial charge in [-0.05, 0) is 17.7 Å². The highest BCUT2D eigenvalue weighted by atomic mass is 32.2. The number of likely N-dealkylation sites (N-methyl/N-ethyl adjacent to an activating group) is 1. The molecule has 1 aliphatic heterocycles. The fourth-order valence-corrected chi connectivity index (χ4v) is 3.45. The number of likely N-dealkylation sites (tertiary alicyclic amines) is 1. The summed E-state index contributed by atoms with van der Waals surface area (Å²) in [6, 6.07) is 3.74. The minimum Gasteiger partial charge on any atom is -0.284 e. The number of hydrogen-bond acceptors (Lipinski definition) is 5. The van der Waals surface area contributed by atoms with Crippen molar-refractivity contribution in [1.82, 2.24) is 9.62 Å². The first-order chi connectivity index (χ1) is 10.2. The Morgan fingerprint density at radius 3 is 2.68 bits per heavy atom. The van der Waals surface area contributed by atoms with Gasteiger partial charge in [-0.1, -0.05) is 6.07 Å². The van der Waals surface area contributed by atoms with Gasteiger partial charge >= 0.3 is 0 Å². The Kier molecular flexibility index (Phi) is 4.25. The zero-order chi connectivity index (χ0) is 16.5. The molecule has 116 valence electrons. The van der Waals surface area contributed by atoms with E-state index < -0.39 is 39.4 Å². The summed E-state index contributed by atoms with van der Waals surface area (Å²) in [5.74, 6) is -2.34. The van der Waals surface area contributed by atoms with Crippen LogP contribution in [0.25, 0.3) is 0 Å². The minimum atomic E-state index is -3.97. The Labute approximate surface area is 126 Å². The number of hydrogen-bond donors (Lipinski definition) is 1. The third kappa shape index (κ3) is 3.29. The second-order valence-corrected chi connectivity index (χ2v) is 6.59. The molecule has 1 aliphatic rings. The second-order valence-electron chi connectivity index (χ2n) is 4.84. The monoisotopic (exact) mass is 325 g/mol. The van der Waals surface area contributed by atoms with Crippen LogP contribution >= 0.6 is 0 Å². The van der Waals surface area contributed by atoms with E-state index in [9.17, 15) is 22.4 Å². The average Bonchev–Trinajstić information content (AvgIpc) is 2.67. The van der Waals surface area contributed by atoms with Crippen LogP contribution in [0.1, 0.15) is 17.5 Å². The lowest BCUT2D eigenvalue weighted by molar-refractivity contribution is -0.137. The second kappa shape index (κ2) is 5.82. The summed E-state index contributed by atoms with van der Waals surface area (Å²) in [5.41, 5.74) is 0.0119. The van der Waals surface area contributed by atoms with E-state index in [1.54, 1.807) is 6.07 Å². The number of nitrogens with zero attached hydrogens (tertiary/aromatic N) is 2. The highest BCUT2D eigenvalue weighted by Gasteiger charge is 2.38. The van der Waals surface area contributed by atoms with Crippen LogP contribution < -0.4 is 4.72 Å². The van der Waals surface area contributed by atoms with Gasteiger partial charge in [0, 0.05) is 7.05 Å². The third-order valence-electron chi connectivity index (χ3n) is 3.24. The first-order valence-electron chi connectivity index (χ1n) is 6.22. The third-order valence-corrected chi connectivity index (χ3v) is 4.58. The van der Waals surface area contributed by atoms with Crippen molar-refractivity contribution in [2.75, 3.05) is 7.05 Å². The first kappa shape index (κ1) is 16.1. The molecule has 0 spiro atoms. The molecule has 7 nitrogen and oxygen atoms in total. The smallest absolute Gasteiger partial charge is 0.247 e. The normalized spacial score (nSPS) is 18.6. The molecule has 2 rings (SSSR count). The quantitative estimate of drug-likeness (QED) is 0.776. The molecule has 0 saturated carbocycles. The molecule has 1 aromatic carbocycles. The van der Waals surface area contributed by atoms with Crippen molar-refractivity contribution < 1.29 is 22.4 Å². The number of nitrogens with one attached hydrogen (secondary N) is 1. The van der Waals surface area contributed by atoms with Crippen molar-refractivity contribution in [2.24, 2.45) is 0 Å². The Morgan fingerprint density at radius 1 is 1.45 bits per heavy atom. The maximum Gasteiger partial charge on any atom is 0.247 e. The molecule has 1 fully saturated rings. The van der Waals surface area contributed by atoms with E-state index in [1.807, 2.05) is 0 Å². The predicted octanol–water partition coefficient (Wildman–Crippen LogP) is -0.126. The fraction of sp³-hybridized carbons (Fsp3) is 0.308. The van der Waals surface area contributed by atoms with E-state index in [4.69, 9.17) is 5.26 Å². The van der Waals surface area contributed by atoms with Gasteiger partial charge in [-0.3, -0.25) is 14.5 Å². The van der Waals surface area contributed by atoms with E-state index in [2.05, 4.69) is 4.72 Å². The van der Waals surface area contributed by atoms with Gasteiger partial charge in [-0.25, -0.2) is 17.5 Å². The van der Waals surface area contributed by atoms with Crippen LogP contribution in [0.2, 0.25) is 0 Å². The number of benzene rings is 1. The van der Waals surface area contributed by atoms with E-state index >= 15 is 0 Å². The van der Waals surface area contributed by atoms with Crippen LogP contribution in [0.15, 0.2) is 18.2 Å². The zero-order valence-corrected chi connectivity index (χ0v) is 12.4. The van der Waals surface area contributed by atoms with Gasteiger partial charge in [0.25, 0.3) is 0 Å². The predicted molar refractivity (Wildman–Crippen MR) is 73.1 cm³/mol. The van der Waals surface area contributed by atoms with Gasteiger partial charge in [0.15, 0.2) is 0 Å². The number of rotatable bonds is 4. The summed E-state index contributed by atoms with van der Waals surface area (Å²) in [6.07, 6.45) is -0.247.